The maximum atomic E-state index is 12.8. The molecule has 1 aliphatic carbocycles. The topological polar surface area (TPSA) is 110 Å². The molecule has 0 saturated heterocycles. The molecule has 0 saturated carbocycles. The van der Waals surface area contributed by atoms with Crippen molar-refractivity contribution in [2.75, 3.05) is 5.73 Å². The molecule has 8 heteroatoms. The van der Waals surface area contributed by atoms with Gasteiger partial charge in [-0.25, -0.2) is 9.97 Å². The zero-order valence-electron chi connectivity index (χ0n) is 18.6. The number of hydrogen-bond acceptors (Lipinski definition) is 6. The minimum atomic E-state index is -0.217. The third-order valence-electron chi connectivity index (χ3n) is 5.66. The Morgan fingerprint density at radius 2 is 1.88 bits per heavy atom. The van der Waals surface area contributed by atoms with Gasteiger partial charge in [0.15, 0.2) is 0 Å². The van der Waals surface area contributed by atoms with Gasteiger partial charge >= 0.3 is 0 Å². The average Bonchev–Trinajstić information content (AvgIpc) is 3.25. The second-order valence-electron chi connectivity index (χ2n) is 8.20. The van der Waals surface area contributed by atoms with Crippen LogP contribution in [0.15, 0.2) is 48.7 Å². The standard InChI is InChI=1S/C25H27N5O2S/c1-15(2)23(31)28-14-19-11-16(20-9-10-27-25(26)30-20)7-8-18(19)13-29-24(32)22-12-17-5-3-4-6-21(17)33-22/h7-12H,1,3-6,13-14H2,2H3,(H,28,31)(H,29,32)(H2,26,27,30). The van der Waals surface area contributed by atoms with Gasteiger partial charge in [0.25, 0.3) is 5.91 Å². The molecule has 4 rings (SSSR count). The van der Waals surface area contributed by atoms with E-state index < -0.39 is 0 Å². The van der Waals surface area contributed by atoms with Crippen molar-refractivity contribution in [3.05, 3.63) is 75.1 Å². The Hall–Kier alpha value is -3.52. The first-order chi connectivity index (χ1) is 15.9. The van der Waals surface area contributed by atoms with Gasteiger partial charge in [-0.15, -0.1) is 11.3 Å². The van der Waals surface area contributed by atoms with Crippen molar-refractivity contribution in [3.63, 3.8) is 0 Å². The lowest BCUT2D eigenvalue weighted by Gasteiger charge is -2.14. The summed E-state index contributed by atoms with van der Waals surface area (Å²) in [6.07, 6.45) is 6.11. The number of aromatic nitrogens is 2. The van der Waals surface area contributed by atoms with E-state index in [1.54, 1.807) is 30.5 Å². The van der Waals surface area contributed by atoms with Crippen LogP contribution in [-0.4, -0.2) is 21.8 Å². The molecule has 0 unspecified atom stereocenters. The van der Waals surface area contributed by atoms with Gasteiger partial charge in [0.2, 0.25) is 11.9 Å². The summed E-state index contributed by atoms with van der Waals surface area (Å²) in [4.78, 5) is 35.2. The smallest absolute Gasteiger partial charge is 0.261 e. The van der Waals surface area contributed by atoms with Gasteiger partial charge in [0.05, 0.1) is 10.6 Å². The molecule has 0 radical (unpaired) electrons. The Bertz CT molecular complexity index is 1190. The number of hydrogen-bond donors (Lipinski definition) is 3. The van der Waals surface area contributed by atoms with Crippen molar-refractivity contribution in [3.8, 4) is 11.3 Å². The fourth-order valence-electron chi connectivity index (χ4n) is 3.85. The van der Waals surface area contributed by atoms with Crippen LogP contribution in [0.25, 0.3) is 11.3 Å². The Morgan fingerprint density at radius 3 is 2.64 bits per heavy atom. The summed E-state index contributed by atoms with van der Waals surface area (Å²) in [5, 5.41) is 5.91. The second-order valence-corrected chi connectivity index (χ2v) is 9.33. The highest BCUT2D eigenvalue weighted by molar-refractivity contribution is 7.14. The van der Waals surface area contributed by atoms with Crippen molar-refractivity contribution < 1.29 is 9.59 Å². The fraction of sp³-hybridized carbons (Fsp3) is 0.280. The number of thiophene rings is 1. The highest BCUT2D eigenvalue weighted by Crippen LogP contribution is 2.29. The number of rotatable bonds is 7. The van der Waals surface area contributed by atoms with Crippen LogP contribution in [0.2, 0.25) is 0 Å². The van der Waals surface area contributed by atoms with Crippen LogP contribution in [0.1, 0.15) is 51.0 Å². The number of amides is 2. The van der Waals surface area contributed by atoms with E-state index >= 15 is 0 Å². The van der Waals surface area contributed by atoms with Gasteiger partial charge in [-0.1, -0.05) is 18.7 Å². The second kappa shape index (κ2) is 9.95. The maximum Gasteiger partial charge on any atom is 0.261 e. The van der Waals surface area contributed by atoms with E-state index in [0.29, 0.717) is 24.4 Å². The van der Waals surface area contributed by atoms with Gasteiger partial charge in [-0.2, -0.15) is 0 Å². The first-order valence-corrected chi connectivity index (χ1v) is 11.8. The van der Waals surface area contributed by atoms with Crippen molar-refractivity contribution in [2.24, 2.45) is 0 Å². The van der Waals surface area contributed by atoms with Crippen LogP contribution >= 0.6 is 11.3 Å². The fourth-order valence-corrected chi connectivity index (χ4v) is 5.02. The van der Waals surface area contributed by atoms with E-state index in [2.05, 4.69) is 27.2 Å². The minimum Gasteiger partial charge on any atom is -0.368 e. The van der Waals surface area contributed by atoms with E-state index in [1.165, 1.54) is 23.3 Å². The lowest BCUT2D eigenvalue weighted by molar-refractivity contribution is -0.117. The van der Waals surface area contributed by atoms with Crippen molar-refractivity contribution in [1.29, 1.82) is 0 Å². The number of benzene rings is 1. The number of carbonyl (C=O) groups is 2. The minimum absolute atomic E-state index is 0.0704. The summed E-state index contributed by atoms with van der Waals surface area (Å²) in [5.41, 5.74) is 10.8. The zero-order chi connectivity index (χ0) is 23.4. The molecule has 2 amide bonds. The maximum absolute atomic E-state index is 12.8. The Kier molecular flexibility index (Phi) is 6.84. The summed E-state index contributed by atoms with van der Waals surface area (Å²) >= 11 is 1.60. The molecule has 7 nitrogen and oxygen atoms in total. The number of aryl methyl sites for hydroxylation is 2. The lowest BCUT2D eigenvalue weighted by atomic mass is 9.99. The molecule has 1 aromatic carbocycles. The molecular formula is C25H27N5O2S. The molecule has 33 heavy (non-hydrogen) atoms. The Balaban J connectivity index is 1.53. The van der Waals surface area contributed by atoms with Crippen LogP contribution in [0.3, 0.4) is 0 Å². The average molecular weight is 462 g/mol. The summed E-state index contributed by atoms with van der Waals surface area (Å²) in [6.45, 7) is 6.01. The molecule has 0 bridgehead atoms. The molecule has 0 fully saturated rings. The summed E-state index contributed by atoms with van der Waals surface area (Å²) in [6, 6.07) is 9.63. The third-order valence-corrected chi connectivity index (χ3v) is 6.90. The van der Waals surface area contributed by atoms with Gasteiger partial charge in [0.1, 0.15) is 0 Å². The highest BCUT2D eigenvalue weighted by Gasteiger charge is 2.18. The van der Waals surface area contributed by atoms with E-state index in [-0.39, 0.29) is 17.8 Å². The number of carbonyl (C=O) groups excluding carboxylic acids is 2. The van der Waals surface area contributed by atoms with E-state index in [9.17, 15) is 9.59 Å². The first-order valence-electron chi connectivity index (χ1n) is 10.9. The highest BCUT2D eigenvalue weighted by atomic mass is 32.1. The number of nitrogens with two attached hydrogens (primary N) is 1. The van der Waals surface area contributed by atoms with Crippen LogP contribution in [0.5, 0.6) is 0 Å². The van der Waals surface area contributed by atoms with Crippen molar-refractivity contribution in [2.45, 2.75) is 45.7 Å². The molecule has 3 aromatic rings. The van der Waals surface area contributed by atoms with E-state index in [0.717, 1.165) is 34.4 Å². The number of anilines is 1. The Labute approximate surface area is 197 Å². The molecule has 4 N–H and O–H groups in total. The number of fused-ring (bicyclic) bond motifs is 1. The number of nitrogens with one attached hydrogen (secondary N) is 2. The monoisotopic (exact) mass is 461 g/mol. The normalized spacial score (nSPS) is 12.6. The number of nitrogen functional groups attached to an aromatic ring is 1. The summed E-state index contributed by atoms with van der Waals surface area (Å²) in [7, 11) is 0. The predicted molar refractivity (Wildman–Crippen MR) is 131 cm³/mol. The zero-order valence-corrected chi connectivity index (χ0v) is 19.4. The van der Waals surface area contributed by atoms with E-state index in [1.807, 2.05) is 24.3 Å². The Morgan fingerprint density at radius 1 is 1.09 bits per heavy atom. The molecule has 170 valence electrons. The number of nitrogens with zero attached hydrogens (tertiary/aromatic N) is 2. The molecule has 0 atom stereocenters. The molecule has 0 aliphatic heterocycles. The van der Waals surface area contributed by atoms with Gasteiger partial charge < -0.3 is 16.4 Å². The third kappa shape index (κ3) is 5.46. The van der Waals surface area contributed by atoms with Gasteiger partial charge in [0, 0.05) is 35.3 Å². The van der Waals surface area contributed by atoms with Crippen molar-refractivity contribution in [1.82, 2.24) is 20.6 Å². The van der Waals surface area contributed by atoms with Crippen LogP contribution in [0, 0.1) is 0 Å². The predicted octanol–water partition coefficient (Wildman–Crippen LogP) is 3.79. The summed E-state index contributed by atoms with van der Waals surface area (Å²) in [5.74, 6) is -0.0931. The van der Waals surface area contributed by atoms with E-state index in [4.69, 9.17) is 5.73 Å². The summed E-state index contributed by atoms with van der Waals surface area (Å²) < 4.78 is 0. The van der Waals surface area contributed by atoms with Crippen LogP contribution in [0.4, 0.5) is 5.95 Å². The molecule has 0 spiro atoms. The quantitative estimate of drug-likeness (QED) is 0.464. The van der Waals surface area contributed by atoms with Crippen LogP contribution in [-0.2, 0) is 30.7 Å². The first kappa shape index (κ1) is 22.7. The lowest BCUT2D eigenvalue weighted by Crippen LogP contribution is -2.26. The molecular weight excluding hydrogens is 434 g/mol. The van der Waals surface area contributed by atoms with Crippen molar-refractivity contribution >= 4 is 29.1 Å². The molecule has 2 aromatic heterocycles. The van der Waals surface area contributed by atoms with Gasteiger partial charge in [-0.05, 0) is 67.5 Å². The molecule has 1 aliphatic rings. The van der Waals surface area contributed by atoms with Crippen LogP contribution < -0.4 is 16.4 Å². The largest absolute Gasteiger partial charge is 0.368 e. The SMILES string of the molecule is C=C(C)C(=O)NCc1cc(-c2ccnc(N)n2)ccc1CNC(=O)c1cc2c(s1)CCCC2. The molecule has 2 heterocycles. The van der Waals surface area contributed by atoms with Gasteiger partial charge in [-0.3, -0.25) is 9.59 Å².